The summed E-state index contributed by atoms with van der Waals surface area (Å²) in [6.45, 7) is 4.92. The largest absolute Gasteiger partial charge is 0.389 e. The molecule has 1 aromatic rings. The van der Waals surface area contributed by atoms with E-state index in [2.05, 4.69) is 18.7 Å². The highest BCUT2D eigenvalue weighted by atomic mass is 16.3. The van der Waals surface area contributed by atoms with Gasteiger partial charge in [-0.2, -0.15) is 0 Å². The van der Waals surface area contributed by atoms with Gasteiger partial charge in [-0.3, -0.25) is 9.69 Å². The van der Waals surface area contributed by atoms with Crippen LogP contribution in [0.25, 0.3) is 0 Å². The molecule has 2 aliphatic rings. The molecule has 0 radical (unpaired) electrons. The number of fused-ring (bicyclic) bond motifs is 2. The van der Waals surface area contributed by atoms with Gasteiger partial charge in [-0.1, -0.05) is 32.0 Å². The summed E-state index contributed by atoms with van der Waals surface area (Å²) in [5, 5.41) is 10.8. The fourth-order valence-corrected chi connectivity index (χ4v) is 4.58. The van der Waals surface area contributed by atoms with Gasteiger partial charge in [0, 0.05) is 37.3 Å². The van der Waals surface area contributed by atoms with Crippen LogP contribution in [0.15, 0.2) is 30.3 Å². The van der Waals surface area contributed by atoms with Crippen LogP contribution in [0.5, 0.6) is 0 Å². The van der Waals surface area contributed by atoms with E-state index in [4.69, 9.17) is 0 Å². The molecule has 2 unspecified atom stereocenters. The summed E-state index contributed by atoms with van der Waals surface area (Å²) in [5.41, 5.74) is 0.200. The number of nitrogens with zero attached hydrogens (tertiary/aromatic N) is 2. The van der Waals surface area contributed by atoms with Gasteiger partial charge < -0.3 is 10.0 Å². The predicted molar refractivity (Wildman–Crippen MR) is 101 cm³/mol. The quantitative estimate of drug-likeness (QED) is 0.861. The molecule has 0 spiro atoms. The SMILES string of the molecule is CCC(O)(CC)CN1C2CCC1CC(N(C)C(=O)c1ccccc1)C2. The lowest BCUT2D eigenvalue weighted by Crippen LogP contribution is -2.55. The van der Waals surface area contributed by atoms with Gasteiger partial charge in [-0.15, -0.1) is 0 Å². The highest BCUT2D eigenvalue weighted by Gasteiger charge is 2.44. The first-order valence-corrected chi connectivity index (χ1v) is 9.77. The number of carbonyl (C=O) groups excluding carboxylic acids is 1. The molecule has 2 fully saturated rings. The van der Waals surface area contributed by atoms with Crippen LogP contribution in [-0.2, 0) is 0 Å². The predicted octanol–water partition coefficient (Wildman–Crippen LogP) is 3.31. The molecule has 2 atom stereocenters. The van der Waals surface area contributed by atoms with Crippen molar-refractivity contribution in [3.63, 3.8) is 0 Å². The molecule has 4 heteroatoms. The minimum atomic E-state index is -0.570. The molecule has 0 aromatic heterocycles. The van der Waals surface area contributed by atoms with Crippen LogP contribution in [0.2, 0.25) is 0 Å². The van der Waals surface area contributed by atoms with Crippen LogP contribution in [0.4, 0.5) is 0 Å². The van der Waals surface area contributed by atoms with Gasteiger partial charge in [0.1, 0.15) is 0 Å². The van der Waals surface area contributed by atoms with Gasteiger partial charge in [0.2, 0.25) is 0 Å². The van der Waals surface area contributed by atoms with E-state index >= 15 is 0 Å². The fourth-order valence-electron chi connectivity index (χ4n) is 4.58. The van der Waals surface area contributed by atoms with Crippen molar-refractivity contribution in [2.45, 2.75) is 76.1 Å². The minimum Gasteiger partial charge on any atom is -0.389 e. The van der Waals surface area contributed by atoms with Crippen molar-refractivity contribution in [2.75, 3.05) is 13.6 Å². The standard InChI is InChI=1S/C21H32N2O2/c1-4-21(25,5-2)15-23-17-11-12-18(23)14-19(13-17)22(3)20(24)16-9-7-6-8-10-16/h6-10,17-19,25H,4-5,11-15H2,1-3H3. The molecule has 4 nitrogen and oxygen atoms in total. The average molecular weight is 344 g/mol. The number of rotatable bonds is 6. The molecule has 25 heavy (non-hydrogen) atoms. The Balaban J connectivity index is 1.66. The molecule has 0 aliphatic carbocycles. The summed E-state index contributed by atoms with van der Waals surface area (Å²) < 4.78 is 0. The zero-order valence-corrected chi connectivity index (χ0v) is 15.8. The number of piperidine rings is 1. The Morgan fingerprint density at radius 2 is 1.72 bits per heavy atom. The van der Waals surface area contributed by atoms with Gasteiger partial charge in [-0.25, -0.2) is 0 Å². The number of hydrogen-bond donors (Lipinski definition) is 1. The van der Waals surface area contributed by atoms with Gasteiger partial charge in [-0.05, 0) is 50.7 Å². The van der Waals surface area contributed by atoms with E-state index in [1.807, 2.05) is 42.3 Å². The van der Waals surface area contributed by atoms with Crippen LogP contribution >= 0.6 is 0 Å². The molecule has 3 rings (SSSR count). The second-order valence-electron chi connectivity index (χ2n) is 7.90. The third kappa shape index (κ3) is 3.75. The molecule has 2 bridgehead atoms. The maximum absolute atomic E-state index is 12.8. The molecule has 2 aliphatic heterocycles. The van der Waals surface area contributed by atoms with Crippen molar-refractivity contribution in [1.29, 1.82) is 0 Å². The first-order chi connectivity index (χ1) is 12.0. The normalized spacial score (nSPS) is 26.6. The zero-order chi connectivity index (χ0) is 18.0. The van der Waals surface area contributed by atoms with Crippen molar-refractivity contribution in [3.8, 4) is 0 Å². The first-order valence-electron chi connectivity index (χ1n) is 9.77. The number of carbonyl (C=O) groups is 1. The molecule has 2 heterocycles. The molecular weight excluding hydrogens is 312 g/mol. The van der Waals surface area contributed by atoms with Crippen LogP contribution in [0.3, 0.4) is 0 Å². The van der Waals surface area contributed by atoms with Crippen LogP contribution in [-0.4, -0.2) is 58.1 Å². The first kappa shape index (κ1) is 18.4. The molecular formula is C21H32N2O2. The monoisotopic (exact) mass is 344 g/mol. The Morgan fingerprint density at radius 1 is 1.16 bits per heavy atom. The highest BCUT2D eigenvalue weighted by Crippen LogP contribution is 2.39. The van der Waals surface area contributed by atoms with E-state index in [0.29, 0.717) is 18.1 Å². The molecule has 1 aromatic carbocycles. The Morgan fingerprint density at radius 3 is 2.24 bits per heavy atom. The van der Waals surface area contributed by atoms with Crippen LogP contribution in [0, 0.1) is 0 Å². The van der Waals surface area contributed by atoms with Crippen molar-refractivity contribution in [2.24, 2.45) is 0 Å². The van der Waals surface area contributed by atoms with Crippen molar-refractivity contribution >= 4 is 5.91 Å². The third-order valence-corrected chi connectivity index (χ3v) is 6.54. The van der Waals surface area contributed by atoms with E-state index in [1.165, 1.54) is 12.8 Å². The Hall–Kier alpha value is -1.39. The van der Waals surface area contributed by atoms with E-state index in [0.717, 1.165) is 37.8 Å². The van der Waals surface area contributed by atoms with Gasteiger partial charge in [0.25, 0.3) is 5.91 Å². The summed E-state index contributed by atoms with van der Waals surface area (Å²) in [5.74, 6) is 0.122. The highest BCUT2D eigenvalue weighted by molar-refractivity contribution is 5.94. The van der Waals surface area contributed by atoms with E-state index in [-0.39, 0.29) is 5.91 Å². The number of benzene rings is 1. The maximum Gasteiger partial charge on any atom is 0.253 e. The van der Waals surface area contributed by atoms with E-state index in [9.17, 15) is 9.90 Å². The Labute approximate surface area is 151 Å². The molecule has 1 N–H and O–H groups in total. The Kier molecular flexibility index (Phi) is 5.49. The lowest BCUT2D eigenvalue weighted by Gasteiger charge is -2.45. The van der Waals surface area contributed by atoms with Crippen molar-refractivity contribution < 1.29 is 9.90 Å². The van der Waals surface area contributed by atoms with Crippen molar-refractivity contribution in [3.05, 3.63) is 35.9 Å². The number of aliphatic hydroxyl groups is 1. The molecule has 1 amide bonds. The summed E-state index contributed by atoms with van der Waals surface area (Å²) in [6, 6.07) is 10.9. The number of hydrogen-bond acceptors (Lipinski definition) is 3. The van der Waals surface area contributed by atoms with Crippen molar-refractivity contribution in [1.82, 2.24) is 9.80 Å². The topological polar surface area (TPSA) is 43.8 Å². The van der Waals surface area contributed by atoms with Gasteiger partial charge >= 0.3 is 0 Å². The van der Waals surface area contributed by atoms with Crippen LogP contribution in [0.1, 0.15) is 62.7 Å². The van der Waals surface area contributed by atoms with E-state index in [1.54, 1.807) is 0 Å². The minimum absolute atomic E-state index is 0.122. The summed E-state index contributed by atoms with van der Waals surface area (Å²) in [4.78, 5) is 17.2. The fraction of sp³-hybridized carbons (Fsp3) is 0.667. The van der Waals surface area contributed by atoms with E-state index < -0.39 is 5.60 Å². The summed E-state index contributed by atoms with van der Waals surface area (Å²) in [7, 11) is 1.95. The molecule has 0 saturated carbocycles. The van der Waals surface area contributed by atoms with Gasteiger partial charge in [0.15, 0.2) is 0 Å². The third-order valence-electron chi connectivity index (χ3n) is 6.54. The average Bonchev–Trinajstić information content (AvgIpc) is 2.88. The number of amides is 1. The Bertz CT molecular complexity index is 571. The lowest BCUT2D eigenvalue weighted by atomic mass is 9.91. The molecule has 2 saturated heterocycles. The smallest absolute Gasteiger partial charge is 0.253 e. The van der Waals surface area contributed by atoms with Crippen LogP contribution < -0.4 is 0 Å². The zero-order valence-electron chi connectivity index (χ0n) is 15.8. The molecule has 138 valence electrons. The second kappa shape index (κ2) is 7.46. The lowest BCUT2D eigenvalue weighted by molar-refractivity contribution is -0.0346. The maximum atomic E-state index is 12.8. The summed E-state index contributed by atoms with van der Waals surface area (Å²) >= 11 is 0. The van der Waals surface area contributed by atoms with Gasteiger partial charge in [0.05, 0.1) is 5.60 Å². The summed E-state index contributed by atoms with van der Waals surface area (Å²) in [6.07, 6.45) is 6.03. The second-order valence-corrected chi connectivity index (χ2v) is 7.90.